The summed E-state index contributed by atoms with van der Waals surface area (Å²) in [4.78, 5) is 32.5. The average Bonchev–Trinajstić information content (AvgIpc) is 3.07. The van der Waals surface area contributed by atoms with Gasteiger partial charge in [0.15, 0.2) is 0 Å². The second-order valence-electron chi connectivity index (χ2n) is 5.07. The summed E-state index contributed by atoms with van der Waals surface area (Å²) in [6.07, 6.45) is 3.91. The van der Waals surface area contributed by atoms with Crippen molar-refractivity contribution in [3.05, 3.63) is 16.6 Å². The summed E-state index contributed by atoms with van der Waals surface area (Å²) in [7, 11) is 0. The van der Waals surface area contributed by atoms with E-state index in [1.165, 1.54) is 0 Å². The summed E-state index contributed by atoms with van der Waals surface area (Å²) in [5.74, 6) is 0.204. The Balaban J connectivity index is 1.85. The molecule has 0 aromatic carbocycles. The third-order valence-electron chi connectivity index (χ3n) is 3.98. The lowest BCUT2D eigenvalue weighted by atomic mass is 10.1. The van der Waals surface area contributed by atoms with E-state index in [-0.39, 0.29) is 23.9 Å². The first-order valence-corrected chi connectivity index (χ1v) is 7.56. The molecule has 3 rings (SSSR count). The summed E-state index contributed by atoms with van der Waals surface area (Å²) in [6.45, 7) is 3.23. The number of nitrogens with zero attached hydrogens (tertiary/aromatic N) is 3. The van der Waals surface area contributed by atoms with Crippen molar-refractivity contribution in [1.82, 2.24) is 14.8 Å². The number of fused-ring (bicyclic) bond motifs is 1. The van der Waals surface area contributed by atoms with E-state index in [2.05, 4.69) is 4.98 Å². The summed E-state index contributed by atoms with van der Waals surface area (Å²) in [6, 6.07) is -0.279. The molecule has 1 aromatic rings. The van der Waals surface area contributed by atoms with Gasteiger partial charge in [0.1, 0.15) is 11.0 Å². The highest BCUT2D eigenvalue weighted by atomic mass is 32.1. The van der Waals surface area contributed by atoms with Gasteiger partial charge in [-0.25, -0.2) is 4.98 Å². The number of aromatic nitrogens is 1. The van der Waals surface area contributed by atoms with E-state index in [1.807, 2.05) is 17.2 Å². The third-order valence-corrected chi connectivity index (χ3v) is 4.93. The Morgan fingerprint density at radius 1 is 1.42 bits per heavy atom. The molecule has 2 fully saturated rings. The minimum atomic E-state index is -0.239. The molecule has 2 saturated heterocycles. The maximum Gasteiger partial charge on any atom is 0.245 e. The zero-order valence-electron chi connectivity index (χ0n) is 10.9. The standard InChI is InChI=1S/C13H17N3O2S/c1-9(12-14-5-8-19-12)15-7-4-11(17)16-6-2-3-10(16)13(15)18/h5,8-10H,2-4,6-7H2,1H3. The van der Waals surface area contributed by atoms with Crippen molar-refractivity contribution in [1.29, 1.82) is 0 Å². The SMILES string of the molecule is CC(c1nccs1)N1CCC(=O)N2CCCC2C1=O. The molecule has 0 spiro atoms. The number of carbonyl (C=O) groups is 2. The molecular weight excluding hydrogens is 262 g/mol. The van der Waals surface area contributed by atoms with Gasteiger partial charge >= 0.3 is 0 Å². The van der Waals surface area contributed by atoms with Crippen LogP contribution in [0.1, 0.15) is 37.2 Å². The fraction of sp³-hybridized carbons (Fsp3) is 0.615. The van der Waals surface area contributed by atoms with Gasteiger partial charge in [-0.05, 0) is 19.8 Å². The van der Waals surface area contributed by atoms with Gasteiger partial charge in [0, 0.05) is 31.1 Å². The number of amides is 2. The molecule has 5 nitrogen and oxygen atoms in total. The van der Waals surface area contributed by atoms with Crippen molar-refractivity contribution in [3.8, 4) is 0 Å². The van der Waals surface area contributed by atoms with Crippen molar-refractivity contribution in [2.24, 2.45) is 0 Å². The van der Waals surface area contributed by atoms with E-state index < -0.39 is 0 Å². The lowest BCUT2D eigenvalue weighted by Crippen LogP contribution is -2.44. The first-order valence-electron chi connectivity index (χ1n) is 6.68. The Bertz CT molecular complexity index is 488. The molecular formula is C13H17N3O2S. The Morgan fingerprint density at radius 3 is 3.00 bits per heavy atom. The molecule has 3 heterocycles. The summed E-state index contributed by atoms with van der Waals surface area (Å²) in [5.41, 5.74) is 0. The molecule has 2 atom stereocenters. The number of hydrogen-bond donors (Lipinski definition) is 0. The minimum Gasteiger partial charge on any atom is -0.331 e. The summed E-state index contributed by atoms with van der Waals surface area (Å²) < 4.78 is 0. The van der Waals surface area contributed by atoms with Crippen LogP contribution in [0.25, 0.3) is 0 Å². The van der Waals surface area contributed by atoms with Crippen molar-refractivity contribution >= 4 is 23.2 Å². The molecule has 6 heteroatoms. The smallest absolute Gasteiger partial charge is 0.245 e. The predicted octanol–water partition coefficient (Wildman–Crippen LogP) is 1.43. The maximum absolute atomic E-state index is 12.6. The highest BCUT2D eigenvalue weighted by Gasteiger charge is 2.40. The molecule has 1 aromatic heterocycles. The number of rotatable bonds is 2. The minimum absolute atomic E-state index is 0.0409. The third kappa shape index (κ3) is 2.14. The highest BCUT2D eigenvalue weighted by molar-refractivity contribution is 7.09. The van der Waals surface area contributed by atoms with Crippen LogP contribution in [-0.4, -0.2) is 45.7 Å². The van der Waals surface area contributed by atoms with E-state index in [0.717, 1.165) is 24.4 Å². The fourth-order valence-corrected chi connectivity index (χ4v) is 3.65. The highest BCUT2D eigenvalue weighted by Crippen LogP contribution is 2.29. The Labute approximate surface area is 116 Å². The summed E-state index contributed by atoms with van der Waals surface area (Å²) in [5, 5.41) is 2.86. The van der Waals surface area contributed by atoms with Gasteiger partial charge in [-0.2, -0.15) is 0 Å². The van der Waals surface area contributed by atoms with Crippen molar-refractivity contribution in [2.75, 3.05) is 13.1 Å². The van der Waals surface area contributed by atoms with Crippen LogP contribution in [0.2, 0.25) is 0 Å². The molecule has 0 saturated carbocycles. The van der Waals surface area contributed by atoms with Gasteiger partial charge in [-0.1, -0.05) is 0 Å². The molecule has 2 aliphatic rings. The Hall–Kier alpha value is -1.43. The molecule has 2 amide bonds. The fourth-order valence-electron chi connectivity index (χ4n) is 2.94. The average molecular weight is 279 g/mol. The zero-order chi connectivity index (χ0) is 13.4. The van der Waals surface area contributed by atoms with Gasteiger partial charge in [0.25, 0.3) is 0 Å². The number of hydrogen-bond acceptors (Lipinski definition) is 4. The molecule has 102 valence electrons. The van der Waals surface area contributed by atoms with Crippen LogP contribution in [0.3, 0.4) is 0 Å². The molecule has 0 N–H and O–H groups in total. The van der Waals surface area contributed by atoms with Crippen LogP contribution in [-0.2, 0) is 9.59 Å². The monoisotopic (exact) mass is 279 g/mol. The van der Waals surface area contributed by atoms with E-state index in [4.69, 9.17) is 0 Å². The normalized spacial score (nSPS) is 25.4. The zero-order valence-corrected chi connectivity index (χ0v) is 11.7. The van der Waals surface area contributed by atoms with E-state index in [1.54, 1.807) is 22.4 Å². The van der Waals surface area contributed by atoms with Crippen LogP contribution in [0.5, 0.6) is 0 Å². The van der Waals surface area contributed by atoms with Crippen LogP contribution < -0.4 is 0 Å². The second kappa shape index (κ2) is 4.92. The van der Waals surface area contributed by atoms with Gasteiger partial charge < -0.3 is 9.80 Å². The quantitative estimate of drug-likeness (QED) is 0.823. The van der Waals surface area contributed by atoms with Crippen molar-refractivity contribution in [2.45, 2.75) is 38.3 Å². The first-order chi connectivity index (χ1) is 9.18. The van der Waals surface area contributed by atoms with Crippen LogP contribution >= 0.6 is 11.3 Å². The van der Waals surface area contributed by atoms with E-state index >= 15 is 0 Å². The molecule has 0 radical (unpaired) electrons. The molecule has 2 aliphatic heterocycles. The van der Waals surface area contributed by atoms with Gasteiger partial charge in [-0.15, -0.1) is 11.3 Å². The van der Waals surface area contributed by atoms with Gasteiger partial charge in [0.05, 0.1) is 6.04 Å². The lowest BCUT2D eigenvalue weighted by molar-refractivity contribution is -0.140. The van der Waals surface area contributed by atoms with Crippen LogP contribution in [0, 0.1) is 0 Å². The molecule has 2 unspecified atom stereocenters. The Kier molecular flexibility index (Phi) is 3.26. The topological polar surface area (TPSA) is 53.5 Å². The molecule has 19 heavy (non-hydrogen) atoms. The van der Waals surface area contributed by atoms with Crippen molar-refractivity contribution in [3.63, 3.8) is 0 Å². The van der Waals surface area contributed by atoms with Gasteiger partial charge in [-0.3, -0.25) is 9.59 Å². The predicted molar refractivity (Wildman–Crippen MR) is 71.6 cm³/mol. The molecule has 0 aliphatic carbocycles. The van der Waals surface area contributed by atoms with Crippen LogP contribution in [0.4, 0.5) is 0 Å². The van der Waals surface area contributed by atoms with Crippen LogP contribution in [0.15, 0.2) is 11.6 Å². The largest absolute Gasteiger partial charge is 0.331 e. The van der Waals surface area contributed by atoms with Crippen molar-refractivity contribution < 1.29 is 9.59 Å². The lowest BCUT2D eigenvalue weighted by Gasteiger charge is -2.29. The number of carbonyl (C=O) groups excluding carboxylic acids is 2. The second-order valence-corrected chi connectivity index (χ2v) is 6.00. The Morgan fingerprint density at radius 2 is 2.26 bits per heavy atom. The number of thiazole rings is 1. The maximum atomic E-state index is 12.6. The van der Waals surface area contributed by atoms with E-state index in [9.17, 15) is 9.59 Å². The first kappa shape index (κ1) is 12.6. The molecule has 0 bridgehead atoms. The van der Waals surface area contributed by atoms with E-state index in [0.29, 0.717) is 13.0 Å². The van der Waals surface area contributed by atoms with Gasteiger partial charge in [0.2, 0.25) is 11.8 Å². The summed E-state index contributed by atoms with van der Waals surface area (Å²) >= 11 is 1.56.